The van der Waals surface area contributed by atoms with E-state index in [9.17, 15) is 9.59 Å². The highest BCUT2D eigenvalue weighted by molar-refractivity contribution is 5.81. The van der Waals surface area contributed by atoms with Crippen molar-refractivity contribution in [2.75, 3.05) is 39.3 Å². The average molecular weight is 328 g/mol. The van der Waals surface area contributed by atoms with Crippen LogP contribution in [0, 0.1) is 0 Å². The van der Waals surface area contributed by atoms with Gasteiger partial charge >= 0.3 is 5.97 Å². The van der Waals surface area contributed by atoms with Crippen LogP contribution in [-0.4, -0.2) is 71.7 Å². The van der Waals surface area contributed by atoms with Crippen LogP contribution in [0.1, 0.15) is 52.9 Å². The van der Waals surface area contributed by atoms with Crippen molar-refractivity contribution < 1.29 is 19.4 Å². The number of carbonyl (C=O) groups excluding carboxylic acids is 2. The molecule has 0 aromatic carbocycles. The number of hydrogen-bond donors (Lipinski definition) is 1. The molecule has 1 fully saturated rings. The van der Waals surface area contributed by atoms with Crippen LogP contribution in [0.3, 0.4) is 0 Å². The van der Waals surface area contributed by atoms with Crippen molar-refractivity contribution in [2.24, 2.45) is 0 Å². The van der Waals surface area contributed by atoms with Gasteiger partial charge in [0.15, 0.2) is 0 Å². The highest BCUT2D eigenvalue weighted by Gasteiger charge is 2.22. The number of nitrogens with zero attached hydrogens (tertiary/aromatic N) is 2. The monoisotopic (exact) mass is 328 g/mol. The van der Waals surface area contributed by atoms with Crippen molar-refractivity contribution in [3.8, 4) is 0 Å². The van der Waals surface area contributed by atoms with E-state index < -0.39 is 5.60 Å². The number of aliphatic hydroxyl groups is 1. The molecule has 134 valence electrons. The predicted molar refractivity (Wildman–Crippen MR) is 89.0 cm³/mol. The third-order valence-electron chi connectivity index (χ3n) is 3.82. The zero-order valence-corrected chi connectivity index (χ0v) is 14.8. The Labute approximate surface area is 139 Å². The van der Waals surface area contributed by atoms with Crippen molar-refractivity contribution >= 4 is 11.9 Å². The van der Waals surface area contributed by atoms with E-state index in [1.165, 1.54) is 0 Å². The molecule has 0 radical (unpaired) electrons. The normalized spacial score (nSPS) is 16.4. The summed E-state index contributed by atoms with van der Waals surface area (Å²) in [5, 5.41) is 8.76. The van der Waals surface area contributed by atoms with E-state index in [1.54, 1.807) is 0 Å². The number of ether oxygens (including phenoxy) is 1. The Bertz CT molecular complexity index is 371. The van der Waals surface area contributed by atoms with Crippen LogP contribution in [-0.2, 0) is 14.3 Å². The van der Waals surface area contributed by atoms with Gasteiger partial charge in [-0.3, -0.25) is 14.5 Å². The Hall–Kier alpha value is -1.14. The Morgan fingerprint density at radius 2 is 1.65 bits per heavy atom. The second kappa shape index (κ2) is 9.88. The summed E-state index contributed by atoms with van der Waals surface area (Å²) in [7, 11) is 0. The van der Waals surface area contributed by atoms with E-state index >= 15 is 0 Å². The van der Waals surface area contributed by atoms with Crippen LogP contribution in [0.15, 0.2) is 0 Å². The second-order valence-electron chi connectivity index (χ2n) is 7.09. The SMILES string of the molecule is CC(C)(C)OC(=O)CCC(=O)N1CCN(CCCCCO)CC1. The number of unbranched alkanes of at least 4 members (excludes halogenated alkanes) is 2. The maximum atomic E-state index is 12.1. The van der Waals surface area contributed by atoms with Crippen LogP contribution in [0.25, 0.3) is 0 Å². The molecular formula is C17H32N2O4. The van der Waals surface area contributed by atoms with Crippen molar-refractivity contribution in [2.45, 2.75) is 58.5 Å². The van der Waals surface area contributed by atoms with Gasteiger partial charge in [0, 0.05) is 39.2 Å². The number of carbonyl (C=O) groups is 2. The van der Waals surface area contributed by atoms with Gasteiger partial charge in [-0.05, 0) is 46.6 Å². The van der Waals surface area contributed by atoms with Crippen LogP contribution in [0.4, 0.5) is 0 Å². The Balaban J connectivity index is 2.18. The highest BCUT2D eigenvalue weighted by atomic mass is 16.6. The van der Waals surface area contributed by atoms with Gasteiger partial charge in [-0.15, -0.1) is 0 Å². The lowest BCUT2D eigenvalue weighted by Crippen LogP contribution is -2.48. The molecule has 1 amide bonds. The molecule has 23 heavy (non-hydrogen) atoms. The number of amides is 1. The molecule has 0 atom stereocenters. The first-order valence-corrected chi connectivity index (χ1v) is 8.64. The third kappa shape index (κ3) is 8.91. The standard InChI is InChI=1S/C17H32N2O4/c1-17(2,3)23-16(22)8-7-15(21)19-12-10-18(11-13-19)9-5-4-6-14-20/h20H,4-14H2,1-3H3. The molecule has 0 spiro atoms. The van der Waals surface area contributed by atoms with Crippen molar-refractivity contribution in [1.82, 2.24) is 9.80 Å². The summed E-state index contributed by atoms with van der Waals surface area (Å²) in [6.45, 7) is 10.0. The maximum Gasteiger partial charge on any atom is 0.306 e. The number of esters is 1. The smallest absolute Gasteiger partial charge is 0.306 e. The molecule has 1 aliphatic rings. The minimum atomic E-state index is -0.498. The maximum absolute atomic E-state index is 12.1. The van der Waals surface area contributed by atoms with Gasteiger partial charge in [0.05, 0.1) is 6.42 Å². The average Bonchev–Trinajstić information content (AvgIpc) is 2.48. The van der Waals surface area contributed by atoms with Crippen molar-refractivity contribution in [3.05, 3.63) is 0 Å². The van der Waals surface area contributed by atoms with E-state index in [2.05, 4.69) is 4.90 Å². The molecule has 6 nitrogen and oxygen atoms in total. The van der Waals surface area contributed by atoms with Gasteiger partial charge in [0.2, 0.25) is 5.91 Å². The molecule has 1 aliphatic heterocycles. The lowest BCUT2D eigenvalue weighted by Gasteiger charge is -2.34. The number of aliphatic hydroxyl groups excluding tert-OH is 1. The van der Waals surface area contributed by atoms with Crippen molar-refractivity contribution in [3.63, 3.8) is 0 Å². The van der Waals surface area contributed by atoms with E-state index in [0.717, 1.165) is 52.0 Å². The summed E-state index contributed by atoms with van der Waals surface area (Å²) < 4.78 is 5.22. The Morgan fingerprint density at radius 1 is 1.00 bits per heavy atom. The zero-order valence-electron chi connectivity index (χ0n) is 14.8. The molecule has 0 bridgehead atoms. The first kappa shape index (κ1) is 19.9. The molecule has 6 heteroatoms. The van der Waals surface area contributed by atoms with Gasteiger partial charge in [0.1, 0.15) is 5.60 Å². The fourth-order valence-electron chi connectivity index (χ4n) is 2.60. The summed E-state index contributed by atoms with van der Waals surface area (Å²) >= 11 is 0. The number of hydrogen-bond acceptors (Lipinski definition) is 5. The molecule has 0 unspecified atom stereocenters. The number of rotatable bonds is 8. The Kier molecular flexibility index (Phi) is 8.55. The molecule has 1 rings (SSSR count). The summed E-state index contributed by atoms with van der Waals surface area (Å²) in [6.07, 6.45) is 3.38. The minimum absolute atomic E-state index is 0.0378. The summed E-state index contributed by atoms with van der Waals surface area (Å²) in [5.41, 5.74) is -0.498. The van der Waals surface area contributed by atoms with Crippen LogP contribution < -0.4 is 0 Å². The lowest BCUT2D eigenvalue weighted by atomic mass is 10.2. The lowest BCUT2D eigenvalue weighted by molar-refractivity contribution is -0.156. The van der Waals surface area contributed by atoms with E-state index in [4.69, 9.17) is 9.84 Å². The van der Waals surface area contributed by atoms with Gasteiger partial charge in [0.25, 0.3) is 0 Å². The fraction of sp³-hybridized carbons (Fsp3) is 0.882. The first-order chi connectivity index (χ1) is 10.8. The highest BCUT2D eigenvalue weighted by Crippen LogP contribution is 2.11. The molecule has 0 aromatic rings. The topological polar surface area (TPSA) is 70.1 Å². The molecule has 1 saturated heterocycles. The summed E-state index contributed by atoms with van der Waals surface area (Å²) in [6, 6.07) is 0. The van der Waals surface area contributed by atoms with E-state index in [1.807, 2.05) is 25.7 Å². The van der Waals surface area contributed by atoms with E-state index in [0.29, 0.717) is 0 Å². The fourth-order valence-corrected chi connectivity index (χ4v) is 2.60. The Morgan fingerprint density at radius 3 is 2.22 bits per heavy atom. The molecule has 0 saturated carbocycles. The summed E-state index contributed by atoms with van der Waals surface area (Å²) in [5.74, 6) is -0.274. The van der Waals surface area contributed by atoms with E-state index in [-0.39, 0.29) is 31.3 Å². The molecule has 0 aromatic heterocycles. The molecular weight excluding hydrogens is 296 g/mol. The summed E-state index contributed by atoms with van der Waals surface area (Å²) in [4.78, 5) is 28.0. The largest absolute Gasteiger partial charge is 0.460 e. The van der Waals surface area contributed by atoms with Gasteiger partial charge in [-0.1, -0.05) is 0 Å². The molecule has 1 heterocycles. The van der Waals surface area contributed by atoms with Crippen LogP contribution in [0.2, 0.25) is 0 Å². The van der Waals surface area contributed by atoms with Gasteiger partial charge in [-0.2, -0.15) is 0 Å². The first-order valence-electron chi connectivity index (χ1n) is 8.64. The quantitative estimate of drug-likeness (QED) is 0.539. The predicted octanol–water partition coefficient (Wildman–Crippen LogP) is 1.42. The second-order valence-corrected chi connectivity index (χ2v) is 7.09. The molecule has 1 N–H and O–H groups in total. The zero-order chi connectivity index (χ0) is 17.3. The van der Waals surface area contributed by atoms with Crippen molar-refractivity contribution in [1.29, 1.82) is 0 Å². The van der Waals surface area contributed by atoms with Gasteiger partial charge in [-0.25, -0.2) is 0 Å². The van der Waals surface area contributed by atoms with Crippen LogP contribution in [0.5, 0.6) is 0 Å². The minimum Gasteiger partial charge on any atom is -0.460 e. The third-order valence-corrected chi connectivity index (χ3v) is 3.82. The van der Waals surface area contributed by atoms with Gasteiger partial charge < -0.3 is 14.7 Å². The number of piperazine rings is 1. The molecule has 0 aliphatic carbocycles. The van der Waals surface area contributed by atoms with Crippen LogP contribution >= 0.6 is 0 Å².